The van der Waals surface area contributed by atoms with Crippen molar-refractivity contribution in [1.82, 2.24) is 4.57 Å². The Morgan fingerprint density at radius 3 is 2.34 bits per heavy atom. The molecule has 3 nitrogen and oxygen atoms in total. The molecule has 0 bridgehead atoms. The molecule has 146 valence electrons. The zero-order valence-corrected chi connectivity index (χ0v) is 19.2. The second kappa shape index (κ2) is 8.17. The van der Waals surface area contributed by atoms with Crippen molar-refractivity contribution >= 4 is 15.9 Å². The van der Waals surface area contributed by atoms with Gasteiger partial charge in [-0.05, 0) is 66.6 Å². The number of ether oxygens (including phenoxy) is 1. The Bertz CT molecular complexity index is 1150. The van der Waals surface area contributed by atoms with Gasteiger partial charge in [-0.25, -0.2) is 0 Å². The van der Waals surface area contributed by atoms with Crippen LogP contribution in [0.15, 0.2) is 83.5 Å². The van der Waals surface area contributed by atoms with E-state index < -0.39 is 0 Å². The Hall–Kier alpha value is -2.37. The van der Waals surface area contributed by atoms with E-state index in [0.29, 0.717) is 0 Å². The number of para-hydroxylation sites is 1. The number of hydrogen-bond donors (Lipinski definition) is 0. The standard InChI is InChI=1S/C24H20BrN2O.BrH/c1-28-21-13-11-20(12-14-21)26-16-23(18-6-9-19(25)10-7-18)27-22-5-3-2-4-17(22)8-15-24(26)27;/h2-7,9-14,16H,8,15H2,1H3;1H/q+1;/p-1. The van der Waals surface area contributed by atoms with Crippen LogP contribution in [0.5, 0.6) is 5.75 Å². The van der Waals surface area contributed by atoms with Crippen molar-refractivity contribution in [3.63, 3.8) is 0 Å². The monoisotopic (exact) mass is 510 g/mol. The fourth-order valence-electron chi connectivity index (χ4n) is 3.98. The van der Waals surface area contributed by atoms with Crippen LogP contribution in [0.25, 0.3) is 22.6 Å². The van der Waals surface area contributed by atoms with Gasteiger partial charge in [-0.1, -0.05) is 34.1 Å². The van der Waals surface area contributed by atoms with E-state index in [1.807, 2.05) is 12.1 Å². The summed E-state index contributed by atoms with van der Waals surface area (Å²) in [5.41, 5.74) is 6.21. The average Bonchev–Trinajstić information content (AvgIpc) is 3.14. The SMILES string of the molecule is COc1ccc(-n2cc(-c3ccc(Br)cc3)[n+]3c2CCc2ccccc2-3)cc1.[Br-]. The van der Waals surface area contributed by atoms with Gasteiger partial charge in [0.2, 0.25) is 0 Å². The zero-order valence-electron chi connectivity index (χ0n) is 16.0. The smallest absolute Gasteiger partial charge is 0.267 e. The van der Waals surface area contributed by atoms with Gasteiger partial charge in [0, 0.05) is 10.0 Å². The Labute approximate surface area is 189 Å². The van der Waals surface area contributed by atoms with Crippen LogP contribution in [-0.2, 0) is 12.8 Å². The van der Waals surface area contributed by atoms with Gasteiger partial charge in [0.05, 0.1) is 13.5 Å². The van der Waals surface area contributed by atoms with Gasteiger partial charge >= 0.3 is 0 Å². The van der Waals surface area contributed by atoms with Crippen molar-refractivity contribution in [2.45, 2.75) is 12.8 Å². The summed E-state index contributed by atoms with van der Waals surface area (Å²) in [5, 5.41) is 0. The van der Waals surface area contributed by atoms with Crippen LogP contribution in [0, 0.1) is 0 Å². The molecule has 0 N–H and O–H groups in total. The first-order valence-corrected chi connectivity index (χ1v) is 10.2. The van der Waals surface area contributed by atoms with E-state index in [2.05, 4.69) is 91.9 Å². The van der Waals surface area contributed by atoms with E-state index in [4.69, 9.17) is 4.74 Å². The molecule has 0 saturated heterocycles. The van der Waals surface area contributed by atoms with Crippen molar-refractivity contribution in [3.8, 4) is 28.4 Å². The van der Waals surface area contributed by atoms with Gasteiger partial charge in [0.25, 0.3) is 5.82 Å². The highest BCUT2D eigenvalue weighted by Gasteiger charge is 2.31. The van der Waals surface area contributed by atoms with E-state index >= 15 is 0 Å². The quantitative estimate of drug-likeness (QED) is 0.386. The van der Waals surface area contributed by atoms with Gasteiger partial charge in [-0.15, -0.1) is 0 Å². The molecule has 0 fully saturated rings. The minimum Gasteiger partial charge on any atom is -1.00 e. The molecule has 0 radical (unpaired) electrons. The first-order valence-electron chi connectivity index (χ1n) is 9.39. The van der Waals surface area contributed by atoms with Crippen molar-refractivity contribution in [2.75, 3.05) is 7.11 Å². The maximum Gasteiger partial charge on any atom is 0.267 e. The van der Waals surface area contributed by atoms with Crippen LogP contribution in [-0.4, -0.2) is 11.7 Å². The molecule has 0 amide bonds. The van der Waals surface area contributed by atoms with Crippen molar-refractivity contribution < 1.29 is 26.3 Å². The number of rotatable bonds is 3. The van der Waals surface area contributed by atoms with Gasteiger partial charge < -0.3 is 21.7 Å². The van der Waals surface area contributed by atoms with Crippen LogP contribution in [0.3, 0.4) is 0 Å². The molecular weight excluding hydrogens is 492 g/mol. The predicted octanol–water partition coefficient (Wildman–Crippen LogP) is 2.29. The maximum atomic E-state index is 5.33. The third-order valence-corrected chi connectivity index (χ3v) is 5.90. The molecule has 1 aromatic heterocycles. The van der Waals surface area contributed by atoms with Gasteiger partial charge in [-0.3, -0.25) is 0 Å². The number of fused-ring (bicyclic) bond motifs is 3. The highest BCUT2D eigenvalue weighted by Crippen LogP contribution is 2.28. The van der Waals surface area contributed by atoms with Crippen molar-refractivity contribution in [1.29, 1.82) is 0 Å². The van der Waals surface area contributed by atoms with E-state index in [0.717, 1.165) is 28.8 Å². The number of aromatic nitrogens is 2. The molecule has 0 spiro atoms. The number of methoxy groups -OCH3 is 1. The van der Waals surface area contributed by atoms with Gasteiger partial charge in [0.15, 0.2) is 5.69 Å². The molecule has 2 heterocycles. The molecule has 3 aromatic carbocycles. The fourth-order valence-corrected chi connectivity index (χ4v) is 4.24. The first-order chi connectivity index (χ1) is 13.7. The summed E-state index contributed by atoms with van der Waals surface area (Å²) in [4.78, 5) is 0. The Morgan fingerprint density at radius 1 is 0.897 bits per heavy atom. The molecule has 0 atom stereocenters. The summed E-state index contributed by atoms with van der Waals surface area (Å²) in [6, 6.07) is 25.5. The van der Waals surface area contributed by atoms with Crippen molar-refractivity contribution in [2.24, 2.45) is 0 Å². The molecule has 29 heavy (non-hydrogen) atoms. The van der Waals surface area contributed by atoms with E-state index in [-0.39, 0.29) is 17.0 Å². The third kappa shape index (κ3) is 3.53. The van der Waals surface area contributed by atoms with Crippen LogP contribution in [0.1, 0.15) is 11.4 Å². The molecule has 4 aromatic rings. The molecule has 0 saturated carbocycles. The topological polar surface area (TPSA) is 18.0 Å². The maximum absolute atomic E-state index is 5.33. The summed E-state index contributed by atoms with van der Waals surface area (Å²) >= 11 is 3.55. The number of nitrogens with zero attached hydrogens (tertiary/aromatic N) is 2. The molecular formula is C24H20Br2N2O. The molecule has 1 aliphatic heterocycles. The van der Waals surface area contributed by atoms with E-state index in [1.165, 1.54) is 28.3 Å². The third-order valence-electron chi connectivity index (χ3n) is 5.37. The fraction of sp³-hybridized carbons (Fsp3) is 0.125. The van der Waals surface area contributed by atoms with Crippen LogP contribution in [0.2, 0.25) is 0 Å². The number of imidazole rings is 1. The Balaban J connectivity index is 0.00000205. The molecule has 1 aliphatic rings. The van der Waals surface area contributed by atoms with Crippen molar-refractivity contribution in [3.05, 3.63) is 94.9 Å². The highest BCUT2D eigenvalue weighted by atomic mass is 79.9. The van der Waals surface area contributed by atoms with Crippen LogP contribution < -0.4 is 26.3 Å². The molecule has 5 rings (SSSR count). The van der Waals surface area contributed by atoms with Crippen LogP contribution >= 0.6 is 15.9 Å². The van der Waals surface area contributed by atoms with E-state index in [9.17, 15) is 0 Å². The molecule has 5 heteroatoms. The summed E-state index contributed by atoms with van der Waals surface area (Å²) in [6.07, 6.45) is 4.30. The molecule has 0 unspecified atom stereocenters. The number of aryl methyl sites for hydroxylation is 1. The summed E-state index contributed by atoms with van der Waals surface area (Å²) in [6.45, 7) is 0. The van der Waals surface area contributed by atoms with Crippen LogP contribution in [0.4, 0.5) is 0 Å². The lowest BCUT2D eigenvalue weighted by Gasteiger charge is -2.15. The largest absolute Gasteiger partial charge is 1.00 e. The van der Waals surface area contributed by atoms with Gasteiger partial charge in [0.1, 0.15) is 23.3 Å². The molecule has 0 aliphatic carbocycles. The average molecular weight is 512 g/mol. The summed E-state index contributed by atoms with van der Waals surface area (Å²) < 4.78 is 11.1. The predicted molar refractivity (Wildman–Crippen MR) is 114 cm³/mol. The Kier molecular flexibility index (Phi) is 5.61. The second-order valence-electron chi connectivity index (χ2n) is 6.97. The number of hydrogen-bond acceptors (Lipinski definition) is 1. The zero-order chi connectivity index (χ0) is 19.1. The van der Waals surface area contributed by atoms with Gasteiger partial charge in [-0.2, -0.15) is 9.13 Å². The number of benzene rings is 3. The Morgan fingerprint density at radius 2 is 1.62 bits per heavy atom. The minimum atomic E-state index is 0. The van der Waals surface area contributed by atoms with E-state index in [1.54, 1.807) is 7.11 Å². The highest BCUT2D eigenvalue weighted by molar-refractivity contribution is 9.10. The summed E-state index contributed by atoms with van der Waals surface area (Å²) in [5.74, 6) is 2.16. The number of halogens is 2. The first kappa shape index (κ1) is 19.9. The summed E-state index contributed by atoms with van der Waals surface area (Å²) in [7, 11) is 1.70. The minimum absolute atomic E-state index is 0. The lowest BCUT2D eigenvalue weighted by Crippen LogP contribution is -3.00. The normalized spacial score (nSPS) is 11.9. The second-order valence-corrected chi connectivity index (χ2v) is 7.89. The lowest BCUT2D eigenvalue weighted by atomic mass is 10.0. The lowest BCUT2D eigenvalue weighted by molar-refractivity contribution is -0.595.